The van der Waals surface area contributed by atoms with Crippen LogP contribution < -0.4 is 0 Å². The van der Waals surface area contributed by atoms with Gasteiger partial charge in [-0.25, -0.2) is 0 Å². The topological polar surface area (TPSA) is 112 Å². The molecule has 0 atom stereocenters. The zero-order chi connectivity index (χ0) is 26.4. The van der Waals surface area contributed by atoms with Crippen LogP contribution in [0.1, 0.15) is 79.1 Å². The monoisotopic (exact) mass is 554 g/mol. The number of hydrogen-bond donors (Lipinski definition) is 8. The summed E-state index contributed by atoms with van der Waals surface area (Å²) in [4.78, 5) is 29.0. The zero-order valence-corrected chi connectivity index (χ0v) is 24.5. The van der Waals surface area contributed by atoms with Gasteiger partial charge in [-0.3, -0.25) is 14.4 Å². The molecule has 0 fully saturated rings. The van der Waals surface area contributed by atoms with Gasteiger partial charge in [0, 0.05) is 24.7 Å². The molecule has 0 rings (SSSR count). The smallest absolute Gasteiger partial charge is 0.185 e. The predicted octanol–water partition coefficient (Wildman–Crippen LogP) is 4.32. The van der Waals surface area contributed by atoms with Crippen LogP contribution in [0, 0.1) is 5.41 Å². The minimum atomic E-state index is -0.667. The number of rotatable bonds is 12. The van der Waals surface area contributed by atoms with Crippen LogP contribution in [0.15, 0.2) is 0 Å². The standard InChI is InChI=1S/C6H14O3.C6H14S2.3C3H6OS/c1-2-6(3-7,4-8)5-9;7-5-3-1-2-4-6-8;3*1-2-3(4)5/h7-9H,2-5H2,1H3;7-8H,1-6H2;3*2H2,1H3,(H,4,5). The average molecular weight is 555 g/mol. The molecule has 0 aromatic heterocycles. The molecule has 3 N–H and O–H groups in total. The van der Waals surface area contributed by atoms with Crippen LogP contribution in [0.25, 0.3) is 0 Å². The van der Waals surface area contributed by atoms with E-state index >= 15 is 0 Å². The predicted molar refractivity (Wildman–Crippen MR) is 153 cm³/mol. The van der Waals surface area contributed by atoms with E-state index < -0.39 is 5.41 Å². The first-order chi connectivity index (χ1) is 15.0. The molecule has 0 unspecified atom stereocenters. The number of thiol groups is 5. The SMILES string of the molecule is CCC(=O)S.CCC(=O)S.CCC(=O)S.CCC(CO)(CO)CO.SCCCCCCS. The van der Waals surface area contributed by atoms with Gasteiger partial charge in [0.2, 0.25) is 0 Å². The lowest BCUT2D eigenvalue weighted by molar-refractivity contribution is -0.111. The highest BCUT2D eigenvalue weighted by Crippen LogP contribution is 2.18. The molecule has 0 saturated carbocycles. The van der Waals surface area contributed by atoms with Gasteiger partial charge >= 0.3 is 0 Å². The quantitative estimate of drug-likeness (QED) is 0.135. The van der Waals surface area contributed by atoms with E-state index in [1.54, 1.807) is 20.8 Å². The summed E-state index contributed by atoms with van der Waals surface area (Å²) in [6, 6.07) is 0. The van der Waals surface area contributed by atoms with Crippen molar-refractivity contribution in [1.29, 1.82) is 0 Å². The Morgan fingerprint density at radius 2 is 0.812 bits per heavy atom. The molecule has 11 heteroatoms. The molecule has 32 heavy (non-hydrogen) atoms. The molecule has 0 spiro atoms. The van der Waals surface area contributed by atoms with E-state index in [1.807, 2.05) is 6.92 Å². The van der Waals surface area contributed by atoms with Crippen LogP contribution in [-0.4, -0.2) is 62.0 Å². The highest BCUT2D eigenvalue weighted by Gasteiger charge is 2.24. The van der Waals surface area contributed by atoms with Gasteiger partial charge in [0.15, 0.2) is 15.3 Å². The van der Waals surface area contributed by atoms with Crippen LogP contribution >= 0.6 is 63.1 Å². The van der Waals surface area contributed by atoms with E-state index in [4.69, 9.17) is 15.3 Å². The van der Waals surface area contributed by atoms with E-state index in [1.165, 1.54) is 25.7 Å². The molecule has 0 aromatic rings. The Bertz CT molecular complexity index is 351. The number of aliphatic hydroxyl groups is 3. The number of carbonyl (C=O) groups excluding carboxylic acids is 3. The maximum atomic E-state index is 9.68. The van der Waals surface area contributed by atoms with Crippen LogP contribution in [0.5, 0.6) is 0 Å². The molecule has 0 heterocycles. The molecule has 0 amide bonds. The molecule has 0 aromatic carbocycles. The van der Waals surface area contributed by atoms with Crippen LogP contribution in [-0.2, 0) is 14.4 Å². The fraction of sp³-hybridized carbons (Fsp3) is 0.857. The summed E-state index contributed by atoms with van der Waals surface area (Å²) in [5, 5.41) is 25.8. The van der Waals surface area contributed by atoms with Gasteiger partial charge < -0.3 is 15.3 Å². The Kier molecular flexibility index (Phi) is 48.4. The fourth-order valence-corrected chi connectivity index (χ4v) is 1.51. The Morgan fingerprint density at radius 3 is 0.875 bits per heavy atom. The van der Waals surface area contributed by atoms with Crippen LogP contribution in [0.3, 0.4) is 0 Å². The third kappa shape index (κ3) is 48.2. The molecule has 0 aliphatic rings. The lowest BCUT2D eigenvalue weighted by Gasteiger charge is -2.24. The molecular weight excluding hydrogens is 509 g/mol. The first-order valence-corrected chi connectivity index (χ1v) is 13.3. The second-order valence-corrected chi connectivity index (χ2v) is 8.82. The van der Waals surface area contributed by atoms with Crippen molar-refractivity contribution >= 4 is 78.5 Å². The van der Waals surface area contributed by atoms with Gasteiger partial charge in [-0.1, -0.05) is 40.5 Å². The Labute approximate surface area is 223 Å². The summed E-state index contributed by atoms with van der Waals surface area (Å²) in [7, 11) is 0. The van der Waals surface area contributed by atoms with Crippen LogP contribution in [0.2, 0.25) is 0 Å². The van der Waals surface area contributed by atoms with E-state index in [0.717, 1.165) is 11.5 Å². The molecular formula is C21H46O6S5. The zero-order valence-electron chi connectivity index (χ0n) is 20.0. The highest BCUT2D eigenvalue weighted by atomic mass is 32.1. The van der Waals surface area contributed by atoms with Crippen molar-refractivity contribution in [2.75, 3.05) is 31.3 Å². The van der Waals surface area contributed by atoms with E-state index in [2.05, 4.69) is 63.1 Å². The van der Waals surface area contributed by atoms with Gasteiger partial charge in [-0.15, -0.1) is 37.9 Å². The second-order valence-electron chi connectivity index (χ2n) is 6.43. The number of carbonyl (C=O) groups is 3. The molecule has 0 bridgehead atoms. The molecule has 0 aliphatic carbocycles. The fourth-order valence-electron chi connectivity index (χ4n) is 1.06. The Balaban J connectivity index is -0.0000000976. The van der Waals surface area contributed by atoms with Crippen molar-refractivity contribution in [3.63, 3.8) is 0 Å². The molecule has 0 saturated heterocycles. The lowest BCUT2D eigenvalue weighted by atomic mass is 9.88. The van der Waals surface area contributed by atoms with E-state index in [-0.39, 0.29) is 35.2 Å². The number of unbranched alkanes of at least 4 members (excludes halogenated alkanes) is 3. The lowest BCUT2D eigenvalue weighted by Crippen LogP contribution is -2.32. The third-order valence-electron chi connectivity index (χ3n) is 3.73. The summed E-state index contributed by atoms with van der Waals surface area (Å²) in [5.41, 5.74) is -0.667. The summed E-state index contributed by atoms with van der Waals surface area (Å²) in [5.74, 6) is 2.07. The largest absolute Gasteiger partial charge is 0.396 e. The Morgan fingerprint density at radius 1 is 0.594 bits per heavy atom. The van der Waals surface area contributed by atoms with Gasteiger partial charge in [0.25, 0.3) is 0 Å². The van der Waals surface area contributed by atoms with Crippen molar-refractivity contribution in [2.24, 2.45) is 5.41 Å². The third-order valence-corrected chi connectivity index (χ3v) is 5.31. The molecule has 6 nitrogen and oxygen atoms in total. The van der Waals surface area contributed by atoms with E-state index in [9.17, 15) is 14.4 Å². The van der Waals surface area contributed by atoms with Gasteiger partial charge in [-0.2, -0.15) is 25.3 Å². The minimum Gasteiger partial charge on any atom is -0.396 e. The van der Waals surface area contributed by atoms with Crippen LogP contribution in [0.4, 0.5) is 0 Å². The Hall–Kier alpha value is 0.640. The number of hydrogen-bond acceptors (Lipinski definition) is 8. The summed E-state index contributed by atoms with van der Waals surface area (Å²) < 4.78 is 0. The first kappa shape index (κ1) is 42.8. The van der Waals surface area contributed by atoms with Crippen molar-refractivity contribution < 1.29 is 29.7 Å². The normalized spacial score (nSPS) is 9.38. The average Bonchev–Trinajstić information content (AvgIpc) is 2.80. The van der Waals surface area contributed by atoms with Gasteiger partial charge in [-0.05, 0) is 30.8 Å². The van der Waals surface area contributed by atoms with Crippen molar-refractivity contribution in [1.82, 2.24) is 0 Å². The second kappa shape index (κ2) is 36.2. The van der Waals surface area contributed by atoms with Crippen molar-refractivity contribution in [3.05, 3.63) is 0 Å². The molecule has 0 aliphatic heterocycles. The maximum Gasteiger partial charge on any atom is 0.185 e. The molecule has 196 valence electrons. The van der Waals surface area contributed by atoms with Gasteiger partial charge in [0.05, 0.1) is 19.8 Å². The summed E-state index contributed by atoms with van der Waals surface area (Å²) in [6.45, 7) is 6.67. The minimum absolute atomic E-state index is 0.0509. The van der Waals surface area contributed by atoms with Crippen molar-refractivity contribution in [3.8, 4) is 0 Å². The maximum absolute atomic E-state index is 9.68. The van der Waals surface area contributed by atoms with E-state index in [0.29, 0.717) is 25.7 Å². The van der Waals surface area contributed by atoms with Gasteiger partial charge in [0.1, 0.15) is 0 Å². The summed E-state index contributed by atoms with van der Waals surface area (Å²) in [6.07, 6.45) is 7.35. The number of aliphatic hydroxyl groups excluding tert-OH is 3. The summed E-state index contributed by atoms with van der Waals surface area (Å²) >= 11 is 18.6. The first-order valence-electron chi connectivity index (χ1n) is 10.7. The molecule has 0 radical (unpaired) electrons. The van der Waals surface area contributed by atoms with Crippen molar-refractivity contribution in [2.45, 2.75) is 79.1 Å². The highest BCUT2D eigenvalue weighted by molar-refractivity contribution is 7.97.